The molecule has 0 bridgehead atoms. The van der Waals surface area contributed by atoms with Crippen LogP contribution in [0.5, 0.6) is 0 Å². The van der Waals surface area contributed by atoms with Crippen molar-refractivity contribution < 1.29 is 4.79 Å². The molecule has 2 aromatic rings. The minimum atomic E-state index is -0.0888. The Balaban J connectivity index is 2.20. The van der Waals surface area contributed by atoms with E-state index in [1.807, 2.05) is 32.0 Å². The number of hydrogen-bond donors (Lipinski definition) is 1. The zero-order valence-electron chi connectivity index (χ0n) is 15.1. The summed E-state index contributed by atoms with van der Waals surface area (Å²) in [6.07, 6.45) is 3.14. The van der Waals surface area contributed by atoms with Crippen LogP contribution in [0.15, 0.2) is 36.7 Å². The second kappa shape index (κ2) is 7.43. The van der Waals surface area contributed by atoms with Gasteiger partial charge in [-0.05, 0) is 30.9 Å². The van der Waals surface area contributed by atoms with Gasteiger partial charge in [0.2, 0.25) is 0 Å². The van der Waals surface area contributed by atoms with Crippen LogP contribution < -0.4 is 5.32 Å². The molecule has 0 fully saturated rings. The smallest absolute Gasteiger partial charge is 0.274 e. The SMILES string of the molecule is CCN(CC)C(=O)c1cnc(Nc2ccccc2C(C)(C)C)cn1. The summed E-state index contributed by atoms with van der Waals surface area (Å²) < 4.78 is 0. The molecule has 2 rings (SSSR count). The number of amides is 1. The van der Waals surface area contributed by atoms with Crippen LogP contribution in [0.2, 0.25) is 0 Å². The molecule has 24 heavy (non-hydrogen) atoms. The molecule has 0 unspecified atom stereocenters. The first-order chi connectivity index (χ1) is 11.4. The molecule has 0 aliphatic heterocycles. The van der Waals surface area contributed by atoms with Crippen LogP contribution in [0.25, 0.3) is 0 Å². The molecule has 0 aliphatic carbocycles. The standard InChI is InChI=1S/C19H26N4O/c1-6-23(7-2)18(24)16-12-21-17(13-20-16)22-15-11-9-8-10-14(15)19(3,4)5/h8-13H,6-7H2,1-5H3,(H,21,22). The second-order valence-corrected chi connectivity index (χ2v) is 6.68. The van der Waals surface area contributed by atoms with Crippen molar-refractivity contribution in [3.63, 3.8) is 0 Å². The van der Waals surface area contributed by atoms with Crippen LogP contribution in [0, 0.1) is 0 Å². The summed E-state index contributed by atoms with van der Waals surface area (Å²) in [7, 11) is 0. The van der Waals surface area contributed by atoms with Gasteiger partial charge < -0.3 is 10.2 Å². The summed E-state index contributed by atoms with van der Waals surface area (Å²) in [6, 6.07) is 8.15. The van der Waals surface area contributed by atoms with E-state index in [9.17, 15) is 4.79 Å². The lowest BCUT2D eigenvalue weighted by Gasteiger charge is -2.23. The number of rotatable bonds is 5. The van der Waals surface area contributed by atoms with Crippen molar-refractivity contribution in [1.82, 2.24) is 14.9 Å². The second-order valence-electron chi connectivity index (χ2n) is 6.68. The van der Waals surface area contributed by atoms with Gasteiger partial charge in [-0.3, -0.25) is 4.79 Å². The van der Waals surface area contributed by atoms with E-state index >= 15 is 0 Å². The summed E-state index contributed by atoms with van der Waals surface area (Å²) in [5.41, 5.74) is 2.60. The fourth-order valence-corrected chi connectivity index (χ4v) is 2.56. The van der Waals surface area contributed by atoms with Crippen LogP contribution in [0.1, 0.15) is 50.7 Å². The largest absolute Gasteiger partial charge is 0.339 e. The summed E-state index contributed by atoms with van der Waals surface area (Å²) in [6.45, 7) is 11.7. The molecule has 1 N–H and O–H groups in total. The third kappa shape index (κ3) is 4.10. The van der Waals surface area contributed by atoms with Crippen LogP contribution >= 0.6 is 0 Å². The highest BCUT2D eigenvalue weighted by molar-refractivity contribution is 5.92. The maximum absolute atomic E-state index is 12.3. The van der Waals surface area contributed by atoms with Crippen LogP contribution in [-0.2, 0) is 5.41 Å². The van der Waals surface area contributed by atoms with Gasteiger partial charge in [-0.15, -0.1) is 0 Å². The highest BCUT2D eigenvalue weighted by atomic mass is 16.2. The van der Waals surface area contributed by atoms with Gasteiger partial charge in [0, 0.05) is 18.8 Å². The fraction of sp³-hybridized carbons (Fsp3) is 0.421. The molecular weight excluding hydrogens is 300 g/mol. The number of carbonyl (C=O) groups is 1. The Labute approximate surface area is 144 Å². The van der Waals surface area contributed by atoms with Crippen molar-refractivity contribution in [2.45, 2.75) is 40.0 Å². The topological polar surface area (TPSA) is 58.1 Å². The van der Waals surface area contributed by atoms with Gasteiger partial charge in [0.15, 0.2) is 0 Å². The molecule has 0 saturated heterocycles. The van der Waals surface area contributed by atoms with E-state index < -0.39 is 0 Å². The van der Waals surface area contributed by atoms with Crippen LogP contribution in [0.4, 0.5) is 11.5 Å². The monoisotopic (exact) mass is 326 g/mol. The zero-order valence-corrected chi connectivity index (χ0v) is 15.1. The molecule has 1 aromatic carbocycles. The van der Waals surface area contributed by atoms with E-state index in [0.717, 1.165) is 5.69 Å². The maximum atomic E-state index is 12.3. The molecule has 0 radical (unpaired) electrons. The highest BCUT2D eigenvalue weighted by Crippen LogP contribution is 2.30. The number of anilines is 2. The van der Waals surface area contributed by atoms with Gasteiger partial charge in [-0.25, -0.2) is 9.97 Å². The van der Waals surface area contributed by atoms with E-state index in [4.69, 9.17) is 0 Å². The number of para-hydroxylation sites is 1. The Morgan fingerprint density at radius 3 is 2.29 bits per heavy atom. The number of aromatic nitrogens is 2. The quantitative estimate of drug-likeness (QED) is 0.902. The van der Waals surface area contributed by atoms with Crippen molar-refractivity contribution >= 4 is 17.4 Å². The maximum Gasteiger partial charge on any atom is 0.274 e. The molecule has 1 amide bonds. The van der Waals surface area contributed by atoms with Gasteiger partial charge in [-0.2, -0.15) is 0 Å². The summed E-state index contributed by atoms with van der Waals surface area (Å²) in [4.78, 5) is 22.6. The minimum Gasteiger partial charge on any atom is -0.339 e. The van der Waals surface area contributed by atoms with Crippen LogP contribution in [0.3, 0.4) is 0 Å². The van der Waals surface area contributed by atoms with Crippen molar-refractivity contribution in [2.24, 2.45) is 0 Å². The van der Waals surface area contributed by atoms with Gasteiger partial charge >= 0.3 is 0 Å². The predicted octanol–water partition coefficient (Wildman–Crippen LogP) is 4.00. The number of carbonyl (C=O) groups excluding carboxylic acids is 1. The highest BCUT2D eigenvalue weighted by Gasteiger charge is 2.18. The number of hydrogen-bond acceptors (Lipinski definition) is 4. The third-order valence-electron chi connectivity index (χ3n) is 3.92. The summed E-state index contributed by atoms with van der Waals surface area (Å²) in [5, 5.41) is 3.30. The molecule has 5 heteroatoms. The molecule has 5 nitrogen and oxygen atoms in total. The van der Waals surface area contributed by atoms with E-state index in [2.05, 4.69) is 42.1 Å². The molecule has 0 saturated carbocycles. The lowest BCUT2D eigenvalue weighted by Crippen LogP contribution is -2.31. The normalized spacial score (nSPS) is 11.2. The Morgan fingerprint density at radius 1 is 1.08 bits per heavy atom. The lowest BCUT2D eigenvalue weighted by molar-refractivity contribution is 0.0766. The van der Waals surface area contributed by atoms with Gasteiger partial charge in [-0.1, -0.05) is 39.0 Å². The van der Waals surface area contributed by atoms with Gasteiger partial charge in [0.05, 0.1) is 12.4 Å². The van der Waals surface area contributed by atoms with Crippen molar-refractivity contribution in [3.8, 4) is 0 Å². The first kappa shape index (κ1) is 17.9. The number of benzene rings is 1. The Bertz CT molecular complexity index is 685. The average Bonchev–Trinajstić information content (AvgIpc) is 2.56. The molecule has 1 aromatic heterocycles. The molecule has 0 aliphatic rings. The minimum absolute atomic E-state index is 0.0235. The first-order valence-electron chi connectivity index (χ1n) is 8.34. The van der Waals surface area contributed by atoms with Crippen molar-refractivity contribution in [3.05, 3.63) is 47.9 Å². The third-order valence-corrected chi connectivity index (χ3v) is 3.92. The fourth-order valence-electron chi connectivity index (χ4n) is 2.56. The van der Waals surface area contributed by atoms with E-state index in [-0.39, 0.29) is 11.3 Å². The molecule has 1 heterocycles. The number of nitrogens with one attached hydrogen (secondary N) is 1. The van der Waals surface area contributed by atoms with E-state index in [1.54, 1.807) is 11.1 Å². The van der Waals surface area contributed by atoms with Crippen LogP contribution in [-0.4, -0.2) is 33.9 Å². The van der Waals surface area contributed by atoms with Gasteiger partial charge in [0.25, 0.3) is 5.91 Å². The molecule has 0 spiro atoms. The molecular formula is C19H26N4O. The summed E-state index contributed by atoms with van der Waals surface area (Å²) in [5.74, 6) is 0.539. The predicted molar refractivity (Wildman–Crippen MR) is 97.7 cm³/mol. The summed E-state index contributed by atoms with van der Waals surface area (Å²) >= 11 is 0. The van der Waals surface area contributed by atoms with E-state index in [1.165, 1.54) is 11.8 Å². The molecule has 128 valence electrons. The Hall–Kier alpha value is -2.43. The van der Waals surface area contributed by atoms with Crippen molar-refractivity contribution in [1.29, 1.82) is 0 Å². The zero-order chi connectivity index (χ0) is 17.7. The van der Waals surface area contributed by atoms with Crippen molar-refractivity contribution in [2.75, 3.05) is 18.4 Å². The average molecular weight is 326 g/mol. The first-order valence-corrected chi connectivity index (χ1v) is 8.34. The van der Waals surface area contributed by atoms with E-state index in [0.29, 0.717) is 24.6 Å². The van der Waals surface area contributed by atoms with Gasteiger partial charge in [0.1, 0.15) is 11.5 Å². The lowest BCUT2D eigenvalue weighted by atomic mass is 9.86. The Morgan fingerprint density at radius 2 is 1.75 bits per heavy atom. The number of nitrogens with zero attached hydrogens (tertiary/aromatic N) is 3. The Kier molecular flexibility index (Phi) is 5.54. The molecule has 0 atom stereocenters.